The van der Waals surface area contributed by atoms with E-state index in [2.05, 4.69) is 40.3 Å². The Bertz CT molecular complexity index is 309. The van der Waals surface area contributed by atoms with E-state index in [0.29, 0.717) is 0 Å². The molecule has 0 aromatic heterocycles. The molecule has 0 heterocycles. The molecule has 0 aliphatic heterocycles. The maximum atomic E-state index is 9.12. The molecule has 90 valence electrons. The molecule has 0 bridgehead atoms. The lowest BCUT2D eigenvalue weighted by molar-refractivity contribution is 0.242. The van der Waals surface area contributed by atoms with Gasteiger partial charge in [0, 0.05) is 15.4 Å². The number of benzene rings is 1. The first-order valence-corrected chi connectivity index (χ1v) is 7.26. The standard InChI is InChI=1S/C12H18BrNOS/c1-2-14-11(9-15)6-7-16-12-5-3-4-10(13)8-12/h3-5,8,11,14-15H,2,6-7,9H2,1H3. The van der Waals surface area contributed by atoms with E-state index in [0.717, 1.165) is 23.2 Å². The van der Waals surface area contributed by atoms with Crippen LogP contribution in [0.25, 0.3) is 0 Å². The van der Waals surface area contributed by atoms with E-state index < -0.39 is 0 Å². The fraction of sp³-hybridized carbons (Fsp3) is 0.500. The minimum Gasteiger partial charge on any atom is -0.395 e. The van der Waals surface area contributed by atoms with E-state index in [9.17, 15) is 0 Å². The topological polar surface area (TPSA) is 32.3 Å². The molecule has 0 saturated heterocycles. The van der Waals surface area contributed by atoms with Gasteiger partial charge < -0.3 is 10.4 Å². The summed E-state index contributed by atoms with van der Waals surface area (Å²) in [5.74, 6) is 1.02. The summed E-state index contributed by atoms with van der Waals surface area (Å²) in [6, 6.07) is 8.52. The van der Waals surface area contributed by atoms with Crippen molar-refractivity contribution in [1.29, 1.82) is 0 Å². The third kappa shape index (κ3) is 5.34. The van der Waals surface area contributed by atoms with Crippen molar-refractivity contribution in [2.24, 2.45) is 0 Å². The SMILES string of the molecule is CCNC(CO)CCSc1cccc(Br)c1. The molecule has 2 nitrogen and oxygen atoms in total. The van der Waals surface area contributed by atoms with Gasteiger partial charge in [0.15, 0.2) is 0 Å². The first-order chi connectivity index (χ1) is 7.76. The number of halogens is 1. The summed E-state index contributed by atoms with van der Waals surface area (Å²) in [5, 5.41) is 12.4. The maximum Gasteiger partial charge on any atom is 0.0584 e. The molecule has 4 heteroatoms. The molecular weight excluding hydrogens is 286 g/mol. The van der Waals surface area contributed by atoms with Gasteiger partial charge in [0.05, 0.1) is 6.61 Å². The van der Waals surface area contributed by atoms with Gasteiger partial charge in [0.2, 0.25) is 0 Å². The van der Waals surface area contributed by atoms with E-state index in [-0.39, 0.29) is 12.6 Å². The van der Waals surface area contributed by atoms with Gasteiger partial charge in [-0.25, -0.2) is 0 Å². The predicted octanol–water partition coefficient (Wildman–Crippen LogP) is 2.90. The number of likely N-dealkylation sites (N-methyl/N-ethyl adjacent to an activating group) is 1. The van der Waals surface area contributed by atoms with E-state index in [1.165, 1.54) is 4.90 Å². The molecule has 2 N–H and O–H groups in total. The van der Waals surface area contributed by atoms with Crippen molar-refractivity contribution in [2.75, 3.05) is 18.9 Å². The highest BCUT2D eigenvalue weighted by atomic mass is 79.9. The fourth-order valence-corrected chi connectivity index (χ4v) is 3.00. The molecule has 0 radical (unpaired) electrons. The molecule has 0 aliphatic carbocycles. The van der Waals surface area contributed by atoms with Gasteiger partial charge in [-0.1, -0.05) is 28.9 Å². The Morgan fingerprint density at radius 1 is 1.50 bits per heavy atom. The molecule has 0 fully saturated rings. The molecule has 1 aromatic rings. The van der Waals surface area contributed by atoms with E-state index in [4.69, 9.17) is 5.11 Å². The van der Waals surface area contributed by atoms with Crippen molar-refractivity contribution in [3.05, 3.63) is 28.7 Å². The fourth-order valence-electron chi connectivity index (χ4n) is 1.42. The number of aliphatic hydroxyl groups is 1. The van der Waals surface area contributed by atoms with Crippen LogP contribution in [0.5, 0.6) is 0 Å². The Labute approximate surface area is 110 Å². The highest BCUT2D eigenvalue weighted by molar-refractivity contribution is 9.10. The normalized spacial score (nSPS) is 12.7. The molecule has 0 amide bonds. The van der Waals surface area contributed by atoms with Crippen LogP contribution in [-0.4, -0.2) is 30.1 Å². The first kappa shape index (κ1) is 14.0. The summed E-state index contributed by atoms with van der Waals surface area (Å²) >= 11 is 5.28. The molecule has 1 rings (SSSR count). The Kier molecular flexibility index (Phi) is 7.12. The lowest BCUT2D eigenvalue weighted by Crippen LogP contribution is -2.32. The summed E-state index contributed by atoms with van der Waals surface area (Å²) in [7, 11) is 0. The molecule has 0 aliphatic rings. The minimum absolute atomic E-state index is 0.215. The van der Waals surface area contributed by atoms with Crippen molar-refractivity contribution in [1.82, 2.24) is 5.32 Å². The van der Waals surface area contributed by atoms with Crippen molar-refractivity contribution in [3.8, 4) is 0 Å². The molecule has 0 saturated carbocycles. The number of hydrogen-bond donors (Lipinski definition) is 2. The summed E-state index contributed by atoms with van der Waals surface area (Å²) < 4.78 is 1.11. The summed E-state index contributed by atoms with van der Waals surface area (Å²) in [4.78, 5) is 1.27. The van der Waals surface area contributed by atoms with Crippen LogP contribution < -0.4 is 5.32 Å². The molecular formula is C12H18BrNOS. The number of hydrogen-bond acceptors (Lipinski definition) is 3. The average molecular weight is 304 g/mol. The highest BCUT2D eigenvalue weighted by Crippen LogP contribution is 2.22. The third-order valence-corrected chi connectivity index (χ3v) is 3.76. The lowest BCUT2D eigenvalue weighted by Gasteiger charge is -2.14. The second-order valence-corrected chi connectivity index (χ2v) is 5.62. The van der Waals surface area contributed by atoms with Crippen molar-refractivity contribution in [3.63, 3.8) is 0 Å². The highest BCUT2D eigenvalue weighted by Gasteiger charge is 2.05. The maximum absolute atomic E-state index is 9.12. The van der Waals surface area contributed by atoms with Crippen molar-refractivity contribution >= 4 is 27.7 Å². The number of aliphatic hydroxyl groups excluding tert-OH is 1. The summed E-state index contributed by atoms with van der Waals surface area (Å²) in [5.41, 5.74) is 0. The van der Waals surface area contributed by atoms with E-state index in [1.807, 2.05) is 23.9 Å². The quantitative estimate of drug-likeness (QED) is 0.760. The molecule has 1 atom stereocenters. The van der Waals surface area contributed by atoms with Gasteiger partial charge in [-0.15, -0.1) is 11.8 Å². The number of rotatable bonds is 7. The number of thioether (sulfide) groups is 1. The Morgan fingerprint density at radius 2 is 2.31 bits per heavy atom. The first-order valence-electron chi connectivity index (χ1n) is 5.49. The molecule has 0 spiro atoms. The zero-order valence-corrected chi connectivity index (χ0v) is 11.9. The van der Waals surface area contributed by atoms with E-state index in [1.54, 1.807) is 0 Å². The van der Waals surface area contributed by atoms with Crippen LogP contribution in [0.3, 0.4) is 0 Å². The third-order valence-electron chi connectivity index (χ3n) is 2.24. The smallest absolute Gasteiger partial charge is 0.0584 e. The van der Waals surface area contributed by atoms with Crippen LogP contribution in [-0.2, 0) is 0 Å². The second kappa shape index (κ2) is 8.12. The average Bonchev–Trinajstić information content (AvgIpc) is 2.28. The van der Waals surface area contributed by atoms with Gasteiger partial charge in [0.25, 0.3) is 0 Å². The van der Waals surface area contributed by atoms with Crippen LogP contribution >= 0.6 is 27.7 Å². The van der Waals surface area contributed by atoms with Gasteiger partial charge in [0.1, 0.15) is 0 Å². The van der Waals surface area contributed by atoms with Crippen molar-refractivity contribution in [2.45, 2.75) is 24.3 Å². The lowest BCUT2D eigenvalue weighted by atomic mass is 10.2. The van der Waals surface area contributed by atoms with Gasteiger partial charge in [-0.2, -0.15) is 0 Å². The predicted molar refractivity (Wildman–Crippen MR) is 74.0 cm³/mol. The second-order valence-electron chi connectivity index (χ2n) is 3.53. The zero-order valence-electron chi connectivity index (χ0n) is 9.45. The summed E-state index contributed by atoms with van der Waals surface area (Å²) in [6.07, 6.45) is 0.988. The Hall–Kier alpha value is -0.0300. The Morgan fingerprint density at radius 3 is 2.94 bits per heavy atom. The molecule has 1 aromatic carbocycles. The molecule has 1 unspecified atom stereocenters. The van der Waals surface area contributed by atoms with Crippen LogP contribution in [0.4, 0.5) is 0 Å². The van der Waals surface area contributed by atoms with Crippen LogP contribution in [0.1, 0.15) is 13.3 Å². The van der Waals surface area contributed by atoms with Gasteiger partial charge in [-0.05, 0) is 36.9 Å². The minimum atomic E-state index is 0.215. The monoisotopic (exact) mass is 303 g/mol. The number of nitrogens with one attached hydrogen (secondary N) is 1. The Balaban J connectivity index is 2.29. The van der Waals surface area contributed by atoms with Crippen LogP contribution in [0.2, 0.25) is 0 Å². The van der Waals surface area contributed by atoms with E-state index >= 15 is 0 Å². The molecule has 16 heavy (non-hydrogen) atoms. The largest absolute Gasteiger partial charge is 0.395 e. The summed E-state index contributed by atoms with van der Waals surface area (Å²) in [6.45, 7) is 3.18. The van der Waals surface area contributed by atoms with Gasteiger partial charge >= 0.3 is 0 Å². The van der Waals surface area contributed by atoms with Crippen LogP contribution in [0, 0.1) is 0 Å². The van der Waals surface area contributed by atoms with Crippen molar-refractivity contribution < 1.29 is 5.11 Å². The van der Waals surface area contributed by atoms with Gasteiger partial charge in [-0.3, -0.25) is 0 Å². The zero-order chi connectivity index (χ0) is 11.8. The van der Waals surface area contributed by atoms with Crippen LogP contribution in [0.15, 0.2) is 33.6 Å².